The SMILES string of the molecule is COc1ccc(CC(O)C2C3CCCCC32)cc1F. The molecule has 3 unspecified atom stereocenters. The third-order valence-corrected chi connectivity index (χ3v) is 4.83. The molecule has 0 spiro atoms. The lowest BCUT2D eigenvalue weighted by Crippen LogP contribution is -2.15. The van der Waals surface area contributed by atoms with E-state index in [-0.39, 0.29) is 17.7 Å². The van der Waals surface area contributed by atoms with E-state index in [1.54, 1.807) is 6.07 Å². The molecule has 2 saturated carbocycles. The Morgan fingerprint density at radius 3 is 2.58 bits per heavy atom. The van der Waals surface area contributed by atoms with Gasteiger partial charge in [0.2, 0.25) is 0 Å². The van der Waals surface area contributed by atoms with Gasteiger partial charge in [-0.3, -0.25) is 0 Å². The van der Waals surface area contributed by atoms with Gasteiger partial charge in [-0.15, -0.1) is 0 Å². The molecule has 2 aliphatic rings. The summed E-state index contributed by atoms with van der Waals surface area (Å²) in [5.41, 5.74) is 0.856. The molecule has 104 valence electrons. The second kappa shape index (κ2) is 5.12. The van der Waals surface area contributed by atoms with Gasteiger partial charge in [0.1, 0.15) is 0 Å². The van der Waals surface area contributed by atoms with Crippen LogP contribution in [0.3, 0.4) is 0 Å². The third-order valence-electron chi connectivity index (χ3n) is 4.83. The Bertz CT molecular complexity index is 448. The molecule has 1 aromatic rings. The minimum atomic E-state index is -0.347. The van der Waals surface area contributed by atoms with Gasteiger partial charge in [0.05, 0.1) is 13.2 Å². The van der Waals surface area contributed by atoms with Gasteiger partial charge in [-0.1, -0.05) is 18.9 Å². The Hall–Kier alpha value is -1.09. The molecule has 0 aromatic heterocycles. The summed E-state index contributed by atoms with van der Waals surface area (Å²) in [7, 11) is 1.46. The van der Waals surface area contributed by atoms with E-state index in [1.807, 2.05) is 6.07 Å². The van der Waals surface area contributed by atoms with E-state index in [4.69, 9.17) is 4.74 Å². The molecule has 2 fully saturated rings. The molecule has 2 nitrogen and oxygen atoms in total. The van der Waals surface area contributed by atoms with Crippen LogP contribution in [0.25, 0.3) is 0 Å². The maximum absolute atomic E-state index is 13.6. The molecule has 2 aliphatic carbocycles. The molecule has 1 N–H and O–H groups in total. The predicted octanol–water partition coefficient (Wildman–Crippen LogP) is 3.17. The Morgan fingerprint density at radius 1 is 1.32 bits per heavy atom. The Morgan fingerprint density at radius 2 is 2.00 bits per heavy atom. The van der Waals surface area contributed by atoms with E-state index < -0.39 is 0 Å². The first kappa shape index (κ1) is 12.9. The number of fused-ring (bicyclic) bond motifs is 1. The molecule has 0 saturated heterocycles. The van der Waals surface area contributed by atoms with Crippen LogP contribution in [-0.4, -0.2) is 18.3 Å². The van der Waals surface area contributed by atoms with Crippen LogP contribution in [0.4, 0.5) is 4.39 Å². The van der Waals surface area contributed by atoms with Crippen molar-refractivity contribution in [3.8, 4) is 5.75 Å². The van der Waals surface area contributed by atoms with E-state index >= 15 is 0 Å². The maximum Gasteiger partial charge on any atom is 0.165 e. The Balaban J connectivity index is 1.63. The van der Waals surface area contributed by atoms with Crippen LogP contribution in [0.15, 0.2) is 18.2 Å². The molecule has 0 bridgehead atoms. The zero-order valence-corrected chi connectivity index (χ0v) is 11.3. The molecule has 0 amide bonds. The van der Waals surface area contributed by atoms with E-state index in [9.17, 15) is 9.50 Å². The number of halogens is 1. The largest absolute Gasteiger partial charge is 0.494 e. The van der Waals surface area contributed by atoms with Crippen molar-refractivity contribution in [2.75, 3.05) is 7.11 Å². The van der Waals surface area contributed by atoms with Gasteiger partial charge in [0.25, 0.3) is 0 Å². The van der Waals surface area contributed by atoms with Gasteiger partial charge in [-0.2, -0.15) is 0 Å². The topological polar surface area (TPSA) is 29.5 Å². The predicted molar refractivity (Wildman–Crippen MR) is 71.6 cm³/mol. The van der Waals surface area contributed by atoms with E-state index in [0.29, 0.717) is 12.3 Å². The van der Waals surface area contributed by atoms with Crippen LogP contribution in [0.2, 0.25) is 0 Å². The van der Waals surface area contributed by atoms with E-state index in [2.05, 4.69) is 0 Å². The highest BCUT2D eigenvalue weighted by atomic mass is 19.1. The summed E-state index contributed by atoms with van der Waals surface area (Å²) in [5.74, 6) is 1.82. The monoisotopic (exact) mass is 264 g/mol. The van der Waals surface area contributed by atoms with Crippen molar-refractivity contribution >= 4 is 0 Å². The van der Waals surface area contributed by atoms with Crippen molar-refractivity contribution in [1.29, 1.82) is 0 Å². The first-order valence-corrected chi connectivity index (χ1v) is 7.21. The Kier molecular flexibility index (Phi) is 3.48. The third kappa shape index (κ3) is 2.48. The fraction of sp³-hybridized carbons (Fsp3) is 0.625. The van der Waals surface area contributed by atoms with E-state index in [0.717, 1.165) is 17.4 Å². The molecular weight excluding hydrogens is 243 g/mol. The lowest BCUT2D eigenvalue weighted by molar-refractivity contribution is 0.140. The van der Waals surface area contributed by atoms with Crippen molar-refractivity contribution in [1.82, 2.24) is 0 Å². The summed E-state index contributed by atoms with van der Waals surface area (Å²) in [6, 6.07) is 4.96. The molecule has 19 heavy (non-hydrogen) atoms. The average molecular weight is 264 g/mol. The zero-order chi connectivity index (χ0) is 13.4. The second-order valence-corrected chi connectivity index (χ2v) is 5.93. The van der Waals surface area contributed by atoms with Crippen molar-refractivity contribution in [2.45, 2.75) is 38.2 Å². The first-order chi connectivity index (χ1) is 9.20. The van der Waals surface area contributed by atoms with Crippen LogP contribution in [0.1, 0.15) is 31.2 Å². The fourth-order valence-corrected chi connectivity index (χ4v) is 3.83. The first-order valence-electron chi connectivity index (χ1n) is 7.21. The summed E-state index contributed by atoms with van der Waals surface area (Å²) in [6.07, 6.45) is 5.38. The zero-order valence-electron chi connectivity index (χ0n) is 11.3. The molecule has 3 atom stereocenters. The number of hydrogen-bond acceptors (Lipinski definition) is 2. The van der Waals surface area contributed by atoms with Crippen LogP contribution in [-0.2, 0) is 6.42 Å². The maximum atomic E-state index is 13.6. The number of hydrogen-bond donors (Lipinski definition) is 1. The van der Waals surface area contributed by atoms with Crippen molar-refractivity contribution in [3.63, 3.8) is 0 Å². The number of methoxy groups -OCH3 is 1. The fourth-order valence-electron chi connectivity index (χ4n) is 3.83. The van der Waals surface area contributed by atoms with Gasteiger partial charge < -0.3 is 9.84 Å². The minimum Gasteiger partial charge on any atom is -0.494 e. The second-order valence-electron chi connectivity index (χ2n) is 5.93. The van der Waals surface area contributed by atoms with Gasteiger partial charge in [0.15, 0.2) is 11.6 Å². The number of ether oxygens (including phenoxy) is 1. The van der Waals surface area contributed by atoms with Gasteiger partial charge >= 0.3 is 0 Å². The van der Waals surface area contributed by atoms with Crippen LogP contribution < -0.4 is 4.74 Å². The average Bonchev–Trinajstić information content (AvgIpc) is 3.13. The molecule has 0 radical (unpaired) electrons. The molecular formula is C16H21FO2. The lowest BCUT2D eigenvalue weighted by atomic mass is 10.0. The normalized spacial score (nSPS) is 30.6. The van der Waals surface area contributed by atoms with Crippen LogP contribution in [0, 0.1) is 23.6 Å². The minimum absolute atomic E-state index is 0.262. The molecule has 0 heterocycles. The van der Waals surface area contributed by atoms with Gasteiger partial charge in [0, 0.05) is 0 Å². The lowest BCUT2D eigenvalue weighted by Gasteiger charge is -2.11. The van der Waals surface area contributed by atoms with E-state index in [1.165, 1.54) is 38.9 Å². The quantitative estimate of drug-likeness (QED) is 0.905. The van der Waals surface area contributed by atoms with Crippen LogP contribution >= 0.6 is 0 Å². The highest BCUT2D eigenvalue weighted by Gasteiger charge is 2.53. The summed E-state index contributed by atoms with van der Waals surface area (Å²) >= 11 is 0. The molecule has 3 rings (SSSR count). The van der Waals surface area contributed by atoms with Crippen molar-refractivity contribution in [2.24, 2.45) is 17.8 Å². The smallest absolute Gasteiger partial charge is 0.165 e. The summed E-state index contributed by atoms with van der Waals surface area (Å²) in [4.78, 5) is 0. The number of benzene rings is 1. The molecule has 0 aliphatic heterocycles. The highest BCUT2D eigenvalue weighted by Crippen LogP contribution is 2.57. The standard InChI is InChI=1S/C16H21FO2/c1-19-15-7-6-10(8-13(15)17)9-14(18)16-11-4-2-3-5-12(11)16/h6-8,11-12,14,16,18H,2-5,9H2,1H3. The Labute approximate surface area is 113 Å². The van der Waals surface area contributed by atoms with Crippen LogP contribution in [0.5, 0.6) is 5.75 Å². The summed E-state index contributed by atoms with van der Waals surface area (Å²) < 4.78 is 18.5. The molecule has 1 aromatic carbocycles. The summed E-state index contributed by atoms with van der Waals surface area (Å²) in [5, 5.41) is 10.3. The summed E-state index contributed by atoms with van der Waals surface area (Å²) in [6.45, 7) is 0. The number of aliphatic hydroxyl groups is 1. The number of rotatable bonds is 4. The number of aliphatic hydroxyl groups excluding tert-OH is 1. The van der Waals surface area contributed by atoms with Gasteiger partial charge in [-0.05, 0) is 54.7 Å². The van der Waals surface area contributed by atoms with Crippen molar-refractivity contribution in [3.05, 3.63) is 29.6 Å². The van der Waals surface area contributed by atoms with Crippen molar-refractivity contribution < 1.29 is 14.2 Å². The highest BCUT2D eigenvalue weighted by molar-refractivity contribution is 5.30. The van der Waals surface area contributed by atoms with Gasteiger partial charge in [-0.25, -0.2) is 4.39 Å². The molecule has 3 heteroatoms.